The van der Waals surface area contributed by atoms with Crippen LogP contribution in [0.5, 0.6) is 0 Å². The quantitative estimate of drug-likeness (QED) is 0.898. The zero-order valence-electron chi connectivity index (χ0n) is 10.6. The molecule has 0 spiro atoms. The predicted octanol–water partition coefficient (Wildman–Crippen LogP) is 3.28. The van der Waals surface area contributed by atoms with E-state index in [1.54, 1.807) is 6.07 Å². The summed E-state index contributed by atoms with van der Waals surface area (Å²) in [5.74, 6) is 0.576. The van der Waals surface area contributed by atoms with Gasteiger partial charge in [0, 0.05) is 17.7 Å². The summed E-state index contributed by atoms with van der Waals surface area (Å²) in [6.45, 7) is 4.86. The highest BCUT2D eigenvalue weighted by Crippen LogP contribution is 2.26. The molecular weight excluding hydrogens is 229 g/mol. The highest BCUT2D eigenvalue weighted by molar-refractivity contribution is 5.68. The van der Waals surface area contributed by atoms with Crippen molar-refractivity contribution in [2.45, 2.75) is 20.3 Å². The Hall–Kier alpha value is -1.97. The average Bonchev–Trinajstić information content (AvgIpc) is 2.39. The van der Waals surface area contributed by atoms with Crippen molar-refractivity contribution >= 4 is 5.82 Å². The fourth-order valence-corrected chi connectivity index (χ4v) is 1.95. The van der Waals surface area contributed by atoms with Crippen LogP contribution in [0.1, 0.15) is 19.4 Å². The number of rotatable bonds is 4. The highest BCUT2D eigenvalue weighted by atomic mass is 19.1. The Bertz CT molecular complexity index is 540. The molecule has 0 radical (unpaired) electrons. The third-order valence-corrected chi connectivity index (χ3v) is 2.74. The molecule has 1 aromatic heterocycles. The molecule has 2 aromatic rings. The van der Waals surface area contributed by atoms with Crippen LogP contribution in [0.25, 0.3) is 11.3 Å². The summed E-state index contributed by atoms with van der Waals surface area (Å²) in [6.07, 6.45) is 2.31. The van der Waals surface area contributed by atoms with Crippen molar-refractivity contribution in [1.29, 1.82) is 0 Å². The normalized spacial score (nSPS) is 10.4. The summed E-state index contributed by atoms with van der Waals surface area (Å²) in [6, 6.07) is 6.48. The number of hydrogen-bond donors (Lipinski definition) is 1. The minimum Gasteiger partial charge on any atom is -0.370 e. The lowest BCUT2D eigenvalue weighted by Crippen LogP contribution is -2.05. The maximum absolute atomic E-state index is 13.3. The molecule has 0 amide bonds. The Kier molecular flexibility index (Phi) is 3.87. The van der Waals surface area contributed by atoms with Gasteiger partial charge >= 0.3 is 0 Å². The van der Waals surface area contributed by atoms with Gasteiger partial charge in [0.1, 0.15) is 18.0 Å². The van der Waals surface area contributed by atoms with Crippen molar-refractivity contribution in [2.75, 3.05) is 11.9 Å². The van der Waals surface area contributed by atoms with Gasteiger partial charge in [-0.2, -0.15) is 0 Å². The van der Waals surface area contributed by atoms with E-state index in [4.69, 9.17) is 0 Å². The van der Waals surface area contributed by atoms with Gasteiger partial charge in [0.05, 0.1) is 5.69 Å². The fourth-order valence-electron chi connectivity index (χ4n) is 1.95. The van der Waals surface area contributed by atoms with E-state index in [1.165, 1.54) is 18.5 Å². The van der Waals surface area contributed by atoms with Gasteiger partial charge in [0.25, 0.3) is 0 Å². The molecule has 3 nitrogen and oxygen atoms in total. The summed E-state index contributed by atoms with van der Waals surface area (Å²) in [7, 11) is 0. The third kappa shape index (κ3) is 2.47. The zero-order valence-corrected chi connectivity index (χ0v) is 10.6. The molecule has 0 saturated heterocycles. The molecule has 0 atom stereocenters. The van der Waals surface area contributed by atoms with Gasteiger partial charge in [-0.15, -0.1) is 0 Å². The van der Waals surface area contributed by atoms with Crippen LogP contribution in [0.3, 0.4) is 0 Å². The molecule has 1 N–H and O–H groups in total. The Labute approximate surface area is 106 Å². The van der Waals surface area contributed by atoms with Crippen molar-refractivity contribution in [3.05, 3.63) is 42.0 Å². The van der Waals surface area contributed by atoms with E-state index in [0.717, 1.165) is 35.6 Å². The van der Waals surface area contributed by atoms with Gasteiger partial charge < -0.3 is 5.32 Å². The van der Waals surface area contributed by atoms with Crippen LogP contribution in [0, 0.1) is 5.82 Å². The van der Waals surface area contributed by atoms with Crippen LogP contribution >= 0.6 is 0 Å². The summed E-state index contributed by atoms with van der Waals surface area (Å²) in [5, 5.41) is 3.21. The van der Waals surface area contributed by atoms with Crippen LogP contribution < -0.4 is 5.32 Å². The number of benzene rings is 1. The van der Waals surface area contributed by atoms with Crippen molar-refractivity contribution in [1.82, 2.24) is 9.97 Å². The van der Waals surface area contributed by atoms with Gasteiger partial charge in [0.2, 0.25) is 0 Å². The average molecular weight is 245 g/mol. The molecule has 0 bridgehead atoms. The van der Waals surface area contributed by atoms with Crippen LogP contribution in [-0.2, 0) is 6.42 Å². The van der Waals surface area contributed by atoms with E-state index in [0.29, 0.717) is 0 Å². The second-order valence-corrected chi connectivity index (χ2v) is 3.94. The summed E-state index contributed by atoms with van der Waals surface area (Å²) < 4.78 is 13.3. The number of hydrogen-bond acceptors (Lipinski definition) is 3. The Morgan fingerprint density at radius 1 is 1.22 bits per heavy atom. The molecule has 0 unspecified atom stereocenters. The molecule has 1 heterocycles. The van der Waals surface area contributed by atoms with E-state index < -0.39 is 0 Å². The lowest BCUT2D eigenvalue weighted by atomic mass is 10.0. The molecule has 1 aromatic carbocycles. The van der Waals surface area contributed by atoms with E-state index >= 15 is 0 Å². The smallest absolute Gasteiger partial charge is 0.133 e. The largest absolute Gasteiger partial charge is 0.370 e. The van der Waals surface area contributed by atoms with Crippen molar-refractivity contribution in [2.24, 2.45) is 0 Å². The van der Waals surface area contributed by atoms with Crippen molar-refractivity contribution in [3.8, 4) is 11.3 Å². The number of nitrogens with zero attached hydrogens (tertiary/aromatic N) is 2. The first kappa shape index (κ1) is 12.5. The van der Waals surface area contributed by atoms with E-state index in [-0.39, 0.29) is 5.82 Å². The topological polar surface area (TPSA) is 37.8 Å². The molecule has 2 rings (SSSR count). The molecule has 0 fully saturated rings. The second kappa shape index (κ2) is 5.58. The number of aromatic nitrogens is 2. The van der Waals surface area contributed by atoms with Crippen LogP contribution in [0.15, 0.2) is 30.6 Å². The highest BCUT2D eigenvalue weighted by Gasteiger charge is 2.11. The molecule has 18 heavy (non-hydrogen) atoms. The molecule has 4 heteroatoms. The summed E-state index contributed by atoms with van der Waals surface area (Å²) >= 11 is 0. The maximum atomic E-state index is 13.3. The molecule has 0 saturated carbocycles. The van der Waals surface area contributed by atoms with Gasteiger partial charge in [-0.3, -0.25) is 0 Å². The zero-order chi connectivity index (χ0) is 13.0. The summed E-state index contributed by atoms with van der Waals surface area (Å²) in [5.41, 5.74) is 2.60. The number of anilines is 1. The minimum absolute atomic E-state index is 0.252. The van der Waals surface area contributed by atoms with E-state index in [2.05, 4.69) is 15.3 Å². The Morgan fingerprint density at radius 3 is 2.72 bits per heavy atom. The third-order valence-electron chi connectivity index (χ3n) is 2.74. The molecule has 94 valence electrons. The maximum Gasteiger partial charge on any atom is 0.133 e. The first-order chi connectivity index (χ1) is 8.76. The van der Waals surface area contributed by atoms with Crippen molar-refractivity contribution in [3.63, 3.8) is 0 Å². The summed E-state index contributed by atoms with van der Waals surface area (Å²) in [4.78, 5) is 8.52. The minimum atomic E-state index is -0.252. The SMILES string of the molecule is CCNc1ncnc(-c2cccc(F)c2)c1CC. The van der Waals surface area contributed by atoms with Crippen LogP contribution in [-0.4, -0.2) is 16.5 Å². The molecule has 0 aliphatic heterocycles. The second-order valence-electron chi connectivity index (χ2n) is 3.94. The number of nitrogens with one attached hydrogen (secondary N) is 1. The monoisotopic (exact) mass is 245 g/mol. The lowest BCUT2D eigenvalue weighted by Gasteiger charge is -2.12. The van der Waals surface area contributed by atoms with E-state index in [9.17, 15) is 4.39 Å². The molecule has 0 aliphatic rings. The number of halogens is 1. The van der Waals surface area contributed by atoms with Gasteiger partial charge in [-0.1, -0.05) is 19.1 Å². The molecule has 0 aliphatic carbocycles. The van der Waals surface area contributed by atoms with Crippen LogP contribution in [0.4, 0.5) is 10.2 Å². The van der Waals surface area contributed by atoms with Crippen molar-refractivity contribution < 1.29 is 4.39 Å². The predicted molar refractivity (Wildman–Crippen MR) is 71.0 cm³/mol. The lowest BCUT2D eigenvalue weighted by molar-refractivity contribution is 0.628. The van der Waals surface area contributed by atoms with E-state index in [1.807, 2.05) is 19.9 Å². The molecular formula is C14H16FN3. The first-order valence-electron chi connectivity index (χ1n) is 6.10. The Morgan fingerprint density at radius 2 is 2.06 bits per heavy atom. The Balaban J connectivity index is 2.53. The fraction of sp³-hybridized carbons (Fsp3) is 0.286. The first-order valence-corrected chi connectivity index (χ1v) is 6.10. The van der Waals surface area contributed by atoms with Gasteiger partial charge in [-0.05, 0) is 25.5 Å². The van der Waals surface area contributed by atoms with Gasteiger partial charge in [0.15, 0.2) is 0 Å². The standard InChI is InChI=1S/C14H16FN3/c1-3-12-13(10-6-5-7-11(15)8-10)17-9-18-14(12)16-4-2/h5-9H,3-4H2,1-2H3,(H,16,17,18). The van der Waals surface area contributed by atoms with Crippen LogP contribution in [0.2, 0.25) is 0 Å². The van der Waals surface area contributed by atoms with Gasteiger partial charge in [-0.25, -0.2) is 14.4 Å².